The fourth-order valence-corrected chi connectivity index (χ4v) is 6.04. The number of primary amides is 1. The van der Waals surface area contributed by atoms with Gasteiger partial charge in [-0.2, -0.15) is 0 Å². The van der Waals surface area contributed by atoms with Crippen LogP contribution in [0.4, 0.5) is 0 Å². The van der Waals surface area contributed by atoms with Gasteiger partial charge in [0, 0.05) is 18.7 Å². The van der Waals surface area contributed by atoms with E-state index in [4.69, 9.17) is 17.2 Å². The van der Waals surface area contributed by atoms with Crippen molar-refractivity contribution in [1.29, 1.82) is 0 Å². The van der Waals surface area contributed by atoms with Crippen molar-refractivity contribution in [3.63, 3.8) is 0 Å². The number of rotatable bonds is 13. The van der Waals surface area contributed by atoms with Gasteiger partial charge in [0.05, 0.1) is 22.3 Å². The Bertz CT molecular complexity index is 1470. The van der Waals surface area contributed by atoms with Crippen LogP contribution in [0.15, 0.2) is 53.5 Å². The largest absolute Gasteiger partial charge is 0.370 e. The van der Waals surface area contributed by atoms with Gasteiger partial charge in [-0.05, 0) is 62.9 Å². The predicted molar refractivity (Wildman–Crippen MR) is 162 cm³/mol. The summed E-state index contributed by atoms with van der Waals surface area (Å²) in [6.45, 7) is 0.730. The van der Waals surface area contributed by atoms with Gasteiger partial charge in [0.1, 0.15) is 6.04 Å². The molecule has 13 heteroatoms. The maximum atomic E-state index is 13.7. The quantitative estimate of drug-likeness (QED) is 0.0835. The van der Waals surface area contributed by atoms with Gasteiger partial charge < -0.3 is 32.7 Å². The first-order valence-corrected chi connectivity index (χ1v) is 14.6. The number of Topliss-reactive ketones (excluding diaryl/α,β-unsaturated/α-hetero) is 1. The fourth-order valence-electron chi connectivity index (χ4n) is 5.04. The van der Waals surface area contributed by atoms with Gasteiger partial charge in [-0.25, -0.2) is 4.98 Å². The van der Waals surface area contributed by atoms with Crippen LogP contribution >= 0.6 is 11.3 Å². The first kappa shape index (κ1) is 30.6. The van der Waals surface area contributed by atoms with Gasteiger partial charge in [-0.15, -0.1) is 11.3 Å². The number of nitrogens with one attached hydrogen (secondary N) is 2. The average molecular weight is 593 g/mol. The first-order valence-electron chi connectivity index (χ1n) is 13.8. The number of benzene rings is 2. The lowest BCUT2D eigenvalue weighted by atomic mass is 10.0. The number of thiazole rings is 1. The van der Waals surface area contributed by atoms with E-state index in [0.29, 0.717) is 48.0 Å². The zero-order valence-electron chi connectivity index (χ0n) is 23.4. The molecule has 3 atom stereocenters. The van der Waals surface area contributed by atoms with Crippen LogP contribution in [-0.2, 0) is 16.0 Å². The van der Waals surface area contributed by atoms with E-state index in [-0.39, 0.29) is 35.6 Å². The minimum absolute atomic E-state index is 0.0620. The van der Waals surface area contributed by atoms with E-state index in [1.165, 1.54) is 0 Å². The SMILES string of the molecule is CN[C@H](Cc1ccccc1)C(=O)N1CCC[C@H]1C(=O)N[C@@H](CCCN=C(N)N)C(=O)c1nc2ccc(C(N)=O)cc2s1. The Hall–Kier alpha value is -4.36. The number of guanidine groups is 1. The van der Waals surface area contributed by atoms with Crippen molar-refractivity contribution in [2.45, 2.75) is 50.2 Å². The number of likely N-dealkylation sites (tertiary alicyclic amines) is 1. The van der Waals surface area contributed by atoms with E-state index in [0.717, 1.165) is 16.9 Å². The van der Waals surface area contributed by atoms with Gasteiger partial charge in [0.25, 0.3) is 0 Å². The van der Waals surface area contributed by atoms with Crippen LogP contribution in [0.5, 0.6) is 0 Å². The third kappa shape index (κ3) is 7.47. The van der Waals surface area contributed by atoms with Crippen LogP contribution in [0.25, 0.3) is 10.2 Å². The minimum atomic E-state index is -0.912. The van der Waals surface area contributed by atoms with E-state index in [9.17, 15) is 19.2 Å². The van der Waals surface area contributed by atoms with Gasteiger partial charge in [-0.3, -0.25) is 24.2 Å². The Morgan fingerprint density at radius 1 is 1.10 bits per heavy atom. The summed E-state index contributed by atoms with van der Waals surface area (Å²) >= 11 is 1.12. The van der Waals surface area contributed by atoms with E-state index < -0.39 is 29.9 Å². The van der Waals surface area contributed by atoms with Crippen molar-refractivity contribution in [2.24, 2.45) is 22.2 Å². The van der Waals surface area contributed by atoms with Gasteiger partial charge in [0.15, 0.2) is 11.0 Å². The number of carbonyl (C=O) groups excluding carboxylic acids is 4. The molecule has 0 bridgehead atoms. The maximum absolute atomic E-state index is 13.7. The highest BCUT2D eigenvalue weighted by atomic mass is 32.1. The standard InChI is InChI=1S/C29H36N8O4S/c1-33-21(15-17-7-3-2-4-8-17)28(41)37-14-6-10-22(37)26(40)35-20(9-5-13-34-29(31)32)24(38)27-36-19-12-11-18(25(30)39)16-23(19)42-27/h2-4,7-8,11-12,16,20-22,33H,5-6,9-10,13-15H2,1H3,(H2,30,39)(H,35,40)(H4,31,32,34)/t20-,21+,22-/m0/s1. The molecule has 1 aliphatic rings. The van der Waals surface area contributed by atoms with E-state index in [2.05, 4.69) is 20.6 Å². The molecule has 0 aliphatic carbocycles. The Balaban J connectivity index is 1.51. The molecule has 1 aromatic heterocycles. The first-order chi connectivity index (χ1) is 20.2. The highest BCUT2D eigenvalue weighted by molar-refractivity contribution is 7.20. The topological polar surface area (TPSA) is 199 Å². The summed E-state index contributed by atoms with van der Waals surface area (Å²) in [7, 11) is 1.73. The zero-order valence-corrected chi connectivity index (χ0v) is 24.2. The van der Waals surface area contributed by atoms with Crippen LogP contribution in [0.3, 0.4) is 0 Å². The van der Waals surface area contributed by atoms with Crippen molar-refractivity contribution in [3.05, 3.63) is 64.7 Å². The van der Waals surface area contributed by atoms with Crippen LogP contribution < -0.4 is 27.8 Å². The number of aliphatic imine (C=N–C) groups is 1. The molecule has 12 nitrogen and oxygen atoms in total. The number of ketones is 1. The monoisotopic (exact) mass is 592 g/mol. The fraction of sp³-hybridized carbons (Fsp3) is 0.379. The van der Waals surface area contributed by atoms with E-state index in [1.807, 2.05) is 30.3 Å². The molecule has 0 radical (unpaired) electrons. The summed E-state index contributed by atoms with van der Waals surface area (Å²) in [5.74, 6) is -1.57. The molecule has 222 valence electrons. The van der Waals surface area contributed by atoms with Crippen LogP contribution in [-0.4, -0.2) is 77.6 Å². The molecule has 8 N–H and O–H groups in total. The number of nitrogens with zero attached hydrogens (tertiary/aromatic N) is 3. The number of hydrogen-bond donors (Lipinski definition) is 5. The van der Waals surface area contributed by atoms with Crippen LogP contribution in [0, 0.1) is 0 Å². The second kappa shape index (κ2) is 14.0. The zero-order chi connectivity index (χ0) is 30.2. The van der Waals surface area contributed by atoms with Crippen LogP contribution in [0.2, 0.25) is 0 Å². The van der Waals surface area contributed by atoms with Crippen molar-refractivity contribution < 1.29 is 19.2 Å². The van der Waals surface area contributed by atoms with Gasteiger partial charge in [-0.1, -0.05) is 30.3 Å². The summed E-state index contributed by atoms with van der Waals surface area (Å²) < 4.78 is 0.629. The second-order valence-corrected chi connectivity index (χ2v) is 11.2. The molecule has 1 saturated heterocycles. The maximum Gasteiger partial charge on any atom is 0.248 e. The summed E-state index contributed by atoms with van der Waals surface area (Å²) in [4.78, 5) is 62.4. The molecule has 2 aromatic carbocycles. The number of likely N-dealkylation sites (N-methyl/N-ethyl adjacent to an activating group) is 1. The van der Waals surface area contributed by atoms with E-state index >= 15 is 0 Å². The predicted octanol–water partition coefficient (Wildman–Crippen LogP) is 0.938. The molecular formula is C29H36N8O4S. The van der Waals surface area contributed by atoms with Crippen molar-refractivity contribution in [1.82, 2.24) is 20.5 Å². The third-order valence-electron chi connectivity index (χ3n) is 7.23. The minimum Gasteiger partial charge on any atom is -0.370 e. The molecule has 0 spiro atoms. The highest BCUT2D eigenvalue weighted by Crippen LogP contribution is 2.26. The molecule has 2 heterocycles. The molecule has 3 aromatic rings. The Labute approximate surface area is 247 Å². The number of fused-ring (bicyclic) bond motifs is 1. The normalized spacial score (nSPS) is 16.1. The van der Waals surface area contributed by atoms with Crippen molar-refractivity contribution >= 4 is 51.0 Å². The van der Waals surface area contributed by atoms with Crippen LogP contribution in [0.1, 0.15) is 51.4 Å². The smallest absolute Gasteiger partial charge is 0.248 e. The highest BCUT2D eigenvalue weighted by Gasteiger charge is 2.38. The number of hydrogen-bond acceptors (Lipinski definition) is 8. The molecule has 1 fully saturated rings. The summed E-state index contributed by atoms with van der Waals surface area (Å²) in [5, 5.41) is 6.17. The summed E-state index contributed by atoms with van der Waals surface area (Å²) in [5.41, 5.74) is 18.1. The summed E-state index contributed by atoms with van der Waals surface area (Å²) in [6, 6.07) is 12.3. The Morgan fingerprint density at radius 2 is 1.86 bits per heavy atom. The third-order valence-corrected chi connectivity index (χ3v) is 8.26. The van der Waals surface area contributed by atoms with Gasteiger partial charge >= 0.3 is 0 Å². The molecular weight excluding hydrogens is 556 g/mol. The number of aromatic nitrogens is 1. The molecule has 0 saturated carbocycles. The number of amides is 3. The second-order valence-electron chi connectivity index (χ2n) is 10.2. The number of carbonyl (C=O) groups is 4. The molecule has 3 amide bonds. The molecule has 4 rings (SSSR count). The Kier molecular flexibility index (Phi) is 10.2. The molecule has 1 aliphatic heterocycles. The Morgan fingerprint density at radius 3 is 2.55 bits per heavy atom. The lowest BCUT2D eigenvalue weighted by Crippen LogP contribution is -2.54. The molecule has 0 unspecified atom stereocenters. The average Bonchev–Trinajstić information content (AvgIpc) is 3.64. The lowest BCUT2D eigenvalue weighted by Gasteiger charge is -2.29. The number of nitrogens with two attached hydrogens (primary N) is 3. The summed E-state index contributed by atoms with van der Waals surface area (Å²) in [6.07, 6.45) is 2.34. The molecule has 42 heavy (non-hydrogen) atoms. The van der Waals surface area contributed by atoms with Crippen molar-refractivity contribution in [3.8, 4) is 0 Å². The van der Waals surface area contributed by atoms with E-state index in [1.54, 1.807) is 30.1 Å². The van der Waals surface area contributed by atoms with Gasteiger partial charge in [0.2, 0.25) is 23.5 Å². The van der Waals surface area contributed by atoms with Crippen molar-refractivity contribution in [2.75, 3.05) is 20.1 Å². The lowest BCUT2D eigenvalue weighted by molar-refractivity contribution is -0.140.